The Kier molecular flexibility index (Phi) is 5.25. The molecule has 0 saturated carbocycles. The zero-order valence-electron chi connectivity index (χ0n) is 10.1. The average molecular weight is 246 g/mol. The Morgan fingerprint density at radius 3 is 2.81 bits per heavy atom. The van der Waals surface area contributed by atoms with Gasteiger partial charge in [-0.2, -0.15) is 5.10 Å². The maximum atomic E-state index is 6.09. The first-order valence-electron chi connectivity index (χ1n) is 5.64. The van der Waals surface area contributed by atoms with Crippen LogP contribution in [0.2, 0.25) is 5.02 Å². The van der Waals surface area contributed by atoms with Gasteiger partial charge in [-0.1, -0.05) is 11.6 Å². The van der Waals surface area contributed by atoms with E-state index in [1.54, 1.807) is 6.20 Å². The van der Waals surface area contributed by atoms with Gasteiger partial charge in [0.05, 0.1) is 23.0 Å². The van der Waals surface area contributed by atoms with Crippen molar-refractivity contribution in [2.45, 2.75) is 39.3 Å². The summed E-state index contributed by atoms with van der Waals surface area (Å²) >= 11 is 6.09. The normalized spacial score (nSPS) is 13.4. The van der Waals surface area contributed by atoms with Gasteiger partial charge in [-0.05, 0) is 27.2 Å². The van der Waals surface area contributed by atoms with Gasteiger partial charge in [-0.25, -0.2) is 0 Å². The van der Waals surface area contributed by atoms with Gasteiger partial charge in [-0.3, -0.25) is 4.68 Å². The maximum absolute atomic E-state index is 6.09. The lowest BCUT2D eigenvalue weighted by Crippen LogP contribution is -2.19. The molecule has 0 aliphatic rings. The fourth-order valence-corrected chi connectivity index (χ4v) is 1.87. The number of aromatic nitrogens is 2. The summed E-state index contributed by atoms with van der Waals surface area (Å²) in [6.07, 6.45) is 2.41. The Labute approximate surface area is 102 Å². The second kappa shape index (κ2) is 6.23. The van der Waals surface area contributed by atoms with Crippen LogP contribution in [0.3, 0.4) is 0 Å². The lowest BCUT2D eigenvalue weighted by molar-refractivity contribution is 0.139. The number of nitrogens with zero attached hydrogens (tertiary/aromatic N) is 2. The fourth-order valence-electron chi connectivity index (χ4n) is 1.60. The minimum Gasteiger partial charge on any atom is -0.382 e. The molecule has 0 aromatic carbocycles. The van der Waals surface area contributed by atoms with Crippen LogP contribution in [0.4, 0.5) is 0 Å². The minimum absolute atomic E-state index is 0.121. The summed E-state index contributed by atoms with van der Waals surface area (Å²) in [5.41, 5.74) is 6.99. The molecule has 0 bridgehead atoms. The van der Waals surface area contributed by atoms with Crippen LogP contribution >= 0.6 is 11.6 Å². The fraction of sp³-hybridized carbons (Fsp3) is 0.727. The molecule has 92 valence electrons. The van der Waals surface area contributed by atoms with Crippen molar-refractivity contribution < 1.29 is 4.74 Å². The molecule has 1 unspecified atom stereocenters. The maximum Gasteiger partial charge on any atom is 0.0834 e. The molecule has 0 aliphatic heterocycles. The third-order valence-electron chi connectivity index (χ3n) is 2.40. The van der Waals surface area contributed by atoms with Gasteiger partial charge in [0.25, 0.3) is 0 Å². The molecule has 4 nitrogen and oxygen atoms in total. The van der Waals surface area contributed by atoms with E-state index in [1.807, 2.05) is 11.6 Å². The van der Waals surface area contributed by atoms with Crippen LogP contribution in [0.15, 0.2) is 6.20 Å². The number of hydrogen-bond acceptors (Lipinski definition) is 3. The predicted molar refractivity (Wildman–Crippen MR) is 65.7 cm³/mol. The molecule has 5 heteroatoms. The van der Waals surface area contributed by atoms with Crippen molar-refractivity contribution in [3.8, 4) is 0 Å². The molecule has 1 aromatic rings. The Bertz CT molecular complexity index is 325. The predicted octanol–water partition coefficient (Wildman–Crippen LogP) is 2.54. The van der Waals surface area contributed by atoms with Gasteiger partial charge < -0.3 is 10.5 Å². The molecule has 0 spiro atoms. The van der Waals surface area contributed by atoms with E-state index in [9.17, 15) is 0 Å². The van der Waals surface area contributed by atoms with Crippen molar-refractivity contribution in [1.29, 1.82) is 0 Å². The summed E-state index contributed by atoms with van der Waals surface area (Å²) < 4.78 is 7.16. The monoisotopic (exact) mass is 245 g/mol. The highest BCUT2D eigenvalue weighted by molar-refractivity contribution is 6.31. The van der Waals surface area contributed by atoms with Crippen LogP contribution in [0, 0.1) is 0 Å². The van der Waals surface area contributed by atoms with Gasteiger partial charge in [-0.15, -0.1) is 0 Å². The van der Waals surface area contributed by atoms with Crippen molar-refractivity contribution in [2.24, 2.45) is 5.73 Å². The van der Waals surface area contributed by atoms with E-state index < -0.39 is 0 Å². The van der Waals surface area contributed by atoms with E-state index in [1.165, 1.54) is 0 Å². The zero-order chi connectivity index (χ0) is 12.1. The highest BCUT2D eigenvalue weighted by Gasteiger charge is 2.18. The lowest BCUT2D eigenvalue weighted by Gasteiger charge is -2.17. The van der Waals surface area contributed by atoms with Gasteiger partial charge in [0.2, 0.25) is 0 Å². The molecule has 0 fully saturated rings. The molecular weight excluding hydrogens is 226 g/mol. The summed E-state index contributed by atoms with van der Waals surface area (Å²) in [5.74, 6) is 0. The first-order chi connectivity index (χ1) is 7.57. The van der Waals surface area contributed by atoms with Crippen molar-refractivity contribution in [3.05, 3.63) is 16.9 Å². The topological polar surface area (TPSA) is 53.1 Å². The van der Waals surface area contributed by atoms with Crippen LogP contribution in [0.1, 0.15) is 45.0 Å². The summed E-state index contributed by atoms with van der Waals surface area (Å²) in [7, 11) is 0. The Morgan fingerprint density at radius 2 is 2.25 bits per heavy atom. The van der Waals surface area contributed by atoms with Gasteiger partial charge in [0.1, 0.15) is 0 Å². The second-order valence-electron chi connectivity index (χ2n) is 4.01. The van der Waals surface area contributed by atoms with E-state index in [-0.39, 0.29) is 12.1 Å². The van der Waals surface area contributed by atoms with Gasteiger partial charge in [0.15, 0.2) is 0 Å². The Balaban J connectivity index is 2.73. The molecule has 0 aliphatic carbocycles. The van der Waals surface area contributed by atoms with Crippen LogP contribution < -0.4 is 5.73 Å². The SMILES string of the molecule is CCOCCC(N)c1c(Cl)cnn1C(C)C. The molecule has 0 saturated heterocycles. The molecule has 2 N–H and O–H groups in total. The summed E-state index contributed by atoms with van der Waals surface area (Å²) in [4.78, 5) is 0. The highest BCUT2D eigenvalue weighted by Crippen LogP contribution is 2.25. The average Bonchev–Trinajstić information content (AvgIpc) is 2.60. The molecule has 1 rings (SSSR count). The Hall–Kier alpha value is -0.580. The number of nitrogens with two attached hydrogens (primary N) is 1. The minimum atomic E-state index is -0.121. The summed E-state index contributed by atoms with van der Waals surface area (Å²) in [6.45, 7) is 7.45. The largest absolute Gasteiger partial charge is 0.382 e. The first-order valence-corrected chi connectivity index (χ1v) is 6.02. The molecular formula is C11H20ClN3O. The van der Waals surface area contributed by atoms with Crippen molar-refractivity contribution in [1.82, 2.24) is 9.78 Å². The van der Waals surface area contributed by atoms with E-state index in [0.717, 1.165) is 12.1 Å². The van der Waals surface area contributed by atoms with Crippen molar-refractivity contribution in [3.63, 3.8) is 0 Å². The number of hydrogen-bond donors (Lipinski definition) is 1. The molecule has 0 radical (unpaired) electrons. The first kappa shape index (κ1) is 13.5. The zero-order valence-corrected chi connectivity index (χ0v) is 10.9. The third kappa shape index (κ3) is 3.20. The van der Waals surface area contributed by atoms with E-state index >= 15 is 0 Å². The summed E-state index contributed by atoms with van der Waals surface area (Å²) in [6, 6.07) is 0.143. The van der Waals surface area contributed by atoms with Crippen LogP contribution in [-0.2, 0) is 4.74 Å². The quantitative estimate of drug-likeness (QED) is 0.784. The van der Waals surface area contributed by atoms with Gasteiger partial charge in [0, 0.05) is 19.3 Å². The molecule has 16 heavy (non-hydrogen) atoms. The number of halogens is 1. The highest BCUT2D eigenvalue weighted by atomic mass is 35.5. The lowest BCUT2D eigenvalue weighted by atomic mass is 10.1. The van der Waals surface area contributed by atoms with E-state index in [0.29, 0.717) is 18.2 Å². The standard InChI is InChI=1S/C11H20ClN3O/c1-4-16-6-5-10(13)11-9(12)7-14-15(11)8(2)3/h7-8,10H,4-6,13H2,1-3H3. The van der Waals surface area contributed by atoms with E-state index in [2.05, 4.69) is 18.9 Å². The second-order valence-corrected chi connectivity index (χ2v) is 4.42. The molecule has 0 amide bonds. The number of ether oxygens (including phenoxy) is 1. The van der Waals surface area contributed by atoms with Crippen molar-refractivity contribution in [2.75, 3.05) is 13.2 Å². The molecule has 1 heterocycles. The van der Waals surface area contributed by atoms with Gasteiger partial charge >= 0.3 is 0 Å². The molecule has 1 atom stereocenters. The van der Waals surface area contributed by atoms with Crippen molar-refractivity contribution >= 4 is 11.6 Å². The third-order valence-corrected chi connectivity index (χ3v) is 2.70. The van der Waals surface area contributed by atoms with Crippen LogP contribution in [0.5, 0.6) is 0 Å². The number of rotatable bonds is 6. The Morgan fingerprint density at radius 1 is 1.56 bits per heavy atom. The van der Waals surface area contributed by atoms with Crippen LogP contribution in [-0.4, -0.2) is 23.0 Å². The van der Waals surface area contributed by atoms with E-state index in [4.69, 9.17) is 22.1 Å². The summed E-state index contributed by atoms with van der Waals surface area (Å²) in [5, 5.41) is 4.87. The van der Waals surface area contributed by atoms with Crippen LogP contribution in [0.25, 0.3) is 0 Å². The molecule has 1 aromatic heterocycles. The smallest absolute Gasteiger partial charge is 0.0834 e.